The van der Waals surface area contributed by atoms with Crippen molar-refractivity contribution in [3.63, 3.8) is 0 Å². The first-order valence-corrected chi connectivity index (χ1v) is 3.66. The minimum atomic E-state index is -3.54. The van der Waals surface area contributed by atoms with Crippen LogP contribution in [0.2, 0.25) is 0 Å². The van der Waals surface area contributed by atoms with Gasteiger partial charge in [-0.2, -0.15) is 0 Å². The summed E-state index contributed by atoms with van der Waals surface area (Å²) in [6.07, 6.45) is 5.08. The first kappa shape index (κ1) is 8.06. The van der Waals surface area contributed by atoms with Gasteiger partial charge in [-0.3, -0.25) is 5.66 Å². The molecule has 1 unspecified atom stereocenters. The Bertz CT molecular complexity index is 204. The van der Waals surface area contributed by atoms with Crippen molar-refractivity contribution in [2.24, 2.45) is 5.73 Å². The van der Waals surface area contributed by atoms with Gasteiger partial charge in [0.05, 0.1) is 0 Å². The largest absolute Gasteiger partial charge is 0.685 e. The van der Waals surface area contributed by atoms with Crippen LogP contribution in [0.1, 0.15) is 0 Å². The Morgan fingerprint density at radius 2 is 2.33 bits per heavy atom. The van der Waals surface area contributed by atoms with Crippen LogP contribution in [0.4, 0.5) is 4.79 Å². The molecule has 4 nitrogen and oxygen atoms in total. The molecule has 0 aliphatic heterocycles. The van der Waals surface area contributed by atoms with Crippen molar-refractivity contribution in [3.05, 3.63) is 13.1 Å². The number of carbonyl (C=O) groups excluding carboxylic acids is 1. The summed E-state index contributed by atoms with van der Waals surface area (Å²) in [6.45, 7) is 2.86. The second-order valence-corrected chi connectivity index (χ2v) is 2.95. The van der Waals surface area contributed by atoms with Gasteiger partial charge in [-0.25, -0.2) is 11.5 Å². The number of carbonyl (C=O) groups is 1. The molecule has 0 aromatic carbocycles. The normalized spacial score (nSPS) is 15.1. The first-order valence-electron chi connectivity index (χ1n) is 1.85. The van der Waals surface area contributed by atoms with Crippen molar-refractivity contribution in [2.45, 2.75) is 0 Å². The maximum Gasteiger partial charge on any atom is 0.408 e. The van der Waals surface area contributed by atoms with E-state index in [0.29, 0.717) is 0 Å². The van der Waals surface area contributed by atoms with E-state index in [2.05, 4.69) is 16.9 Å². The van der Waals surface area contributed by atoms with Crippen LogP contribution >= 0.6 is 7.37 Å². The summed E-state index contributed by atoms with van der Waals surface area (Å²) in [6, 6.07) is 0. The molecular weight excluding hydrogens is 141 g/mol. The van der Waals surface area contributed by atoms with Gasteiger partial charge >= 0.3 is 6.09 Å². The molecule has 9 heavy (non-hydrogen) atoms. The third-order valence-electron chi connectivity index (χ3n) is 0.408. The number of hydrogen-bond acceptors (Lipinski definition) is 3. The molecule has 0 saturated heterocycles. The Hall–Kier alpha value is -0.940. The molecule has 50 valence electrons. The van der Waals surface area contributed by atoms with Crippen LogP contribution in [-0.2, 0) is 9.09 Å². The lowest BCUT2D eigenvalue weighted by atomic mass is 11.3. The fraction of sp³-hybridized carbons (Fsp3) is 0. The summed E-state index contributed by atoms with van der Waals surface area (Å²) in [7, 11) is -3.54. The van der Waals surface area contributed by atoms with Crippen LogP contribution in [-0.4, -0.2) is 6.09 Å². The zero-order chi connectivity index (χ0) is 7.49. The molecule has 1 amide bonds. The lowest BCUT2D eigenvalue weighted by molar-refractivity contribution is 0.213. The molecule has 0 aromatic rings. The van der Waals surface area contributed by atoms with Gasteiger partial charge in [0.1, 0.15) is 7.37 Å². The molecule has 0 saturated carbocycles. The predicted molar refractivity (Wildman–Crippen MR) is 30.8 cm³/mol. The smallest absolute Gasteiger partial charge is 0.408 e. The molecule has 0 rings (SSSR count). The summed E-state index contributed by atoms with van der Waals surface area (Å²) in [5.74, 6) is 0. The van der Waals surface area contributed by atoms with E-state index in [-0.39, 0.29) is 0 Å². The van der Waals surface area contributed by atoms with E-state index in [4.69, 9.17) is 6.42 Å². The summed E-state index contributed by atoms with van der Waals surface area (Å²) in [4.78, 5) is 9.84. The van der Waals surface area contributed by atoms with Crippen LogP contribution in [0, 0.1) is 18.7 Å². The predicted octanol–water partition coefficient (Wildman–Crippen LogP) is 0.699. The molecule has 5 heteroatoms. The summed E-state index contributed by atoms with van der Waals surface area (Å²) in [5.41, 5.74) is 5.90. The Morgan fingerprint density at radius 3 is 2.44 bits per heavy atom. The van der Waals surface area contributed by atoms with E-state index in [1.54, 1.807) is 0 Å². The van der Waals surface area contributed by atoms with E-state index >= 15 is 0 Å². The van der Waals surface area contributed by atoms with Gasteiger partial charge in [0.15, 0.2) is 0 Å². The second-order valence-electron chi connectivity index (χ2n) is 1.20. The molecule has 0 heterocycles. The highest BCUT2D eigenvalue weighted by Gasteiger charge is 2.01. The molecule has 0 spiro atoms. The highest BCUT2D eigenvalue weighted by molar-refractivity contribution is 7.65. The molecule has 2 N–H and O–H groups in total. The van der Waals surface area contributed by atoms with E-state index < -0.39 is 13.5 Å². The van der Waals surface area contributed by atoms with Gasteiger partial charge < -0.3 is 21.2 Å². The van der Waals surface area contributed by atoms with E-state index in [9.17, 15) is 9.36 Å². The first-order chi connectivity index (χ1) is 3.98. The second kappa shape index (κ2) is 2.56. The van der Waals surface area contributed by atoms with Crippen LogP contribution in [0.15, 0.2) is 0 Å². The van der Waals surface area contributed by atoms with Crippen molar-refractivity contribution in [1.82, 2.24) is 0 Å². The van der Waals surface area contributed by atoms with Crippen LogP contribution in [0.5, 0.6) is 0 Å². The number of primary amides is 1. The third kappa shape index (κ3) is 3.63. The molecular formula is C4H4NO3P-2. The zero-order valence-electron chi connectivity index (χ0n) is 4.46. The molecule has 0 aliphatic rings. The average Bonchev–Trinajstić information content (AvgIpc) is 1.63. The van der Waals surface area contributed by atoms with Gasteiger partial charge in [-0.05, 0) is 0 Å². The lowest BCUT2D eigenvalue weighted by Gasteiger charge is -2.14. The third-order valence-corrected chi connectivity index (χ3v) is 1.22. The molecule has 0 bridgehead atoms. The van der Waals surface area contributed by atoms with Crippen molar-refractivity contribution in [1.29, 1.82) is 0 Å². The average molecular weight is 145 g/mol. The highest BCUT2D eigenvalue weighted by Crippen LogP contribution is 2.42. The van der Waals surface area contributed by atoms with E-state index in [1.807, 2.05) is 0 Å². The molecule has 0 aliphatic carbocycles. The van der Waals surface area contributed by atoms with Crippen LogP contribution < -0.4 is 5.73 Å². The van der Waals surface area contributed by atoms with Gasteiger partial charge in [0, 0.05) is 0 Å². The van der Waals surface area contributed by atoms with Crippen molar-refractivity contribution < 1.29 is 13.9 Å². The Balaban J connectivity index is 4.09. The molecule has 1 atom stereocenters. The fourth-order valence-electron chi connectivity index (χ4n) is 0.168. The fourth-order valence-corrected chi connectivity index (χ4v) is 0.504. The van der Waals surface area contributed by atoms with Crippen molar-refractivity contribution in [2.75, 3.05) is 0 Å². The van der Waals surface area contributed by atoms with Crippen LogP contribution in [0.3, 0.4) is 0 Å². The maximum atomic E-state index is 10.5. The Kier molecular flexibility index (Phi) is 2.29. The molecule has 0 aromatic heterocycles. The standard InChI is InChI=1S/C4H4NO3P/c1-3-9(2,7)8-4(5)6/h2H2,(H2,5,6)/q-2. The van der Waals surface area contributed by atoms with E-state index in [1.165, 1.54) is 5.66 Å². The Morgan fingerprint density at radius 1 is 1.89 bits per heavy atom. The summed E-state index contributed by atoms with van der Waals surface area (Å²) < 4.78 is 14.3. The van der Waals surface area contributed by atoms with Gasteiger partial charge in [0.2, 0.25) is 0 Å². The van der Waals surface area contributed by atoms with Gasteiger partial charge in [-0.15, -0.1) is 0 Å². The monoisotopic (exact) mass is 145 g/mol. The summed E-state index contributed by atoms with van der Waals surface area (Å²) in [5, 5.41) is 0. The summed E-state index contributed by atoms with van der Waals surface area (Å²) >= 11 is 0. The van der Waals surface area contributed by atoms with E-state index in [0.717, 1.165) is 0 Å². The Labute approximate surface area is 52.8 Å². The highest BCUT2D eigenvalue weighted by atomic mass is 31.2. The number of rotatable bonds is 1. The quantitative estimate of drug-likeness (QED) is 0.335. The maximum absolute atomic E-state index is 10.5. The minimum absolute atomic E-state index is 1.21. The number of hydrogen-bond donors (Lipinski definition) is 1. The van der Waals surface area contributed by atoms with Gasteiger partial charge in [0.25, 0.3) is 0 Å². The SMILES string of the molecule is [C-]#CP([CH2-])(=O)OC(N)=O. The van der Waals surface area contributed by atoms with Gasteiger partial charge in [-0.1, -0.05) is 0 Å². The topological polar surface area (TPSA) is 69.4 Å². The zero-order valence-corrected chi connectivity index (χ0v) is 5.35. The molecule has 0 fully saturated rings. The van der Waals surface area contributed by atoms with Crippen LogP contribution in [0.25, 0.3) is 0 Å². The molecule has 0 radical (unpaired) electrons. The minimum Gasteiger partial charge on any atom is -0.685 e. The van der Waals surface area contributed by atoms with Crippen molar-refractivity contribution in [3.8, 4) is 5.66 Å². The number of nitrogens with two attached hydrogens (primary N) is 1. The lowest BCUT2D eigenvalue weighted by Crippen LogP contribution is -2.09. The number of amides is 1. The van der Waals surface area contributed by atoms with Crippen molar-refractivity contribution >= 4 is 13.5 Å².